The molecular weight excluding hydrogens is 362 g/mol. The summed E-state index contributed by atoms with van der Waals surface area (Å²) in [6.45, 7) is 3.32. The minimum Gasteiger partial charge on any atom is -0.342 e. The van der Waals surface area contributed by atoms with Crippen LogP contribution in [-0.2, 0) is 11.2 Å². The first kappa shape index (κ1) is 17.7. The van der Waals surface area contributed by atoms with E-state index in [2.05, 4.69) is 10.1 Å². The largest absolute Gasteiger partial charge is 0.342 e. The molecule has 1 unspecified atom stereocenters. The van der Waals surface area contributed by atoms with Gasteiger partial charge >= 0.3 is 0 Å². The van der Waals surface area contributed by atoms with Gasteiger partial charge in [0, 0.05) is 30.1 Å². The molecular formula is C21H20ClN3O2. The van der Waals surface area contributed by atoms with Gasteiger partial charge in [0.2, 0.25) is 17.6 Å². The van der Waals surface area contributed by atoms with Crippen LogP contribution in [0.1, 0.15) is 29.4 Å². The van der Waals surface area contributed by atoms with Gasteiger partial charge in [-0.1, -0.05) is 52.7 Å². The Kier molecular flexibility index (Phi) is 4.94. The summed E-state index contributed by atoms with van der Waals surface area (Å²) in [6, 6.07) is 15.7. The highest BCUT2D eigenvalue weighted by molar-refractivity contribution is 6.30. The molecule has 6 heteroatoms. The van der Waals surface area contributed by atoms with Gasteiger partial charge < -0.3 is 9.42 Å². The van der Waals surface area contributed by atoms with Crippen LogP contribution in [0.25, 0.3) is 11.4 Å². The van der Waals surface area contributed by atoms with E-state index in [1.807, 2.05) is 60.4 Å². The first-order valence-electron chi connectivity index (χ1n) is 9.01. The minimum absolute atomic E-state index is 0.0474. The minimum atomic E-state index is -0.0474. The van der Waals surface area contributed by atoms with Gasteiger partial charge in [0.1, 0.15) is 0 Å². The van der Waals surface area contributed by atoms with E-state index in [0.29, 0.717) is 31.2 Å². The number of hydrogen-bond acceptors (Lipinski definition) is 4. The predicted molar refractivity (Wildman–Crippen MR) is 104 cm³/mol. The van der Waals surface area contributed by atoms with Gasteiger partial charge in [-0.2, -0.15) is 4.98 Å². The molecule has 1 aliphatic rings. The fourth-order valence-electron chi connectivity index (χ4n) is 3.37. The van der Waals surface area contributed by atoms with E-state index in [1.54, 1.807) is 0 Å². The zero-order chi connectivity index (χ0) is 18.8. The van der Waals surface area contributed by atoms with E-state index in [-0.39, 0.29) is 11.8 Å². The maximum atomic E-state index is 12.4. The molecule has 4 rings (SSSR count). The lowest BCUT2D eigenvalue weighted by Gasteiger charge is -2.15. The van der Waals surface area contributed by atoms with Gasteiger partial charge in [0.15, 0.2) is 0 Å². The fraction of sp³-hybridized carbons (Fsp3) is 0.286. The summed E-state index contributed by atoms with van der Waals surface area (Å²) >= 11 is 5.92. The van der Waals surface area contributed by atoms with E-state index in [0.717, 1.165) is 28.1 Å². The van der Waals surface area contributed by atoms with Crippen LogP contribution in [-0.4, -0.2) is 34.0 Å². The average molecular weight is 382 g/mol. The second kappa shape index (κ2) is 7.53. The third kappa shape index (κ3) is 4.03. The second-order valence-corrected chi connectivity index (χ2v) is 7.38. The molecule has 1 atom stereocenters. The molecule has 0 aliphatic carbocycles. The van der Waals surface area contributed by atoms with Crippen molar-refractivity contribution in [2.75, 3.05) is 13.1 Å². The standard InChI is InChI=1S/C21H20ClN3O2/c1-14-3-2-4-16(11-14)20-23-21(27-24-20)17-12-19(26)25(13-17)10-9-15-5-7-18(22)8-6-15/h2-8,11,17H,9-10,12-13H2,1H3. The van der Waals surface area contributed by atoms with Gasteiger partial charge in [-0.05, 0) is 37.1 Å². The number of aryl methyl sites for hydroxylation is 1. The molecule has 1 aliphatic heterocycles. The number of carbonyl (C=O) groups excluding carboxylic acids is 1. The lowest BCUT2D eigenvalue weighted by Crippen LogP contribution is -2.27. The van der Waals surface area contributed by atoms with Crippen molar-refractivity contribution in [1.82, 2.24) is 15.0 Å². The fourth-order valence-corrected chi connectivity index (χ4v) is 3.50. The quantitative estimate of drug-likeness (QED) is 0.662. The van der Waals surface area contributed by atoms with Crippen molar-refractivity contribution < 1.29 is 9.32 Å². The van der Waals surface area contributed by atoms with Crippen molar-refractivity contribution in [3.8, 4) is 11.4 Å². The number of hydrogen-bond donors (Lipinski definition) is 0. The molecule has 2 heterocycles. The molecule has 27 heavy (non-hydrogen) atoms. The number of carbonyl (C=O) groups is 1. The van der Waals surface area contributed by atoms with Crippen LogP contribution in [0.4, 0.5) is 0 Å². The molecule has 0 saturated carbocycles. The average Bonchev–Trinajstić information content (AvgIpc) is 3.28. The van der Waals surface area contributed by atoms with Gasteiger partial charge in [0.25, 0.3) is 0 Å². The van der Waals surface area contributed by atoms with Crippen molar-refractivity contribution in [3.05, 3.63) is 70.6 Å². The normalized spacial score (nSPS) is 16.9. The summed E-state index contributed by atoms with van der Waals surface area (Å²) in [5, 5.41) is 4.81. The van der Waals surface area contributed by atoms with E-state index in [1.165, 1.54) is 0 Å². The summed E-state index contributed by atoms with van der Waals surface area (Å²) in [7, 11) is 0. The Hall–Kier alpha value is -2.66. The zero-order valence-corrected chi connectivity index (χ0v) is 15.8. The molecule has 0 spiro atoms. The van der Waals surface area contributed by atoms with E-state index >= 15 is 0 Å². The molecule has 1 aromatic heterocycles. The molecule has 3 aromatic rings. The Labute approximate surface area is 163 Å². The number of amides is 1. The van der Waals surface area contributed by atoms with Gasteiger partial charge in [0.05, 0.1) is 5.92 Å². The zero-order valence-electron chi connectivity index (χ0n) is 15.1. The summed E-state index contributed by atoms with van der Waals surface area (Å²) in [5.74, 6) is 1.19. The molecule has 1 fully saturated rings. The molecule has 1 amide bonds. The highest BCUT2D eigenvalue weighted by Crippen LogP contribution is 2.29. The molecule has 5 nitrogen and oxygen atoms in total. The van der Waals surface area contributed by atoms with Gasteiger partial charge in [-0.3, -0.25) is 4.79 Å². The monoisotopic (exact) mass is 381 g/mol. The topological polar surface area (TPSA) is 59.2 Å². The molecule has 138 valence electrons. The summed E-state index contributed by atoms with van der Waals surface area (Å²) in [5.41, 5.74) is 3.23. The van der Waals surface area contributed by atoms with Gasteiger partial charge in [-0.15, -0.1) is 0 Å². The molecule has 0 N–H and O–H groups in total. The molecule has 2 aromatic carbocycles. The highest BCUT2D eigenvalue weighted by atomic mass is 35.5. The van der Waals surface area contributed by atoms with Crippen molar-refractivity contribution in [3.63, 3.8) is 0 Å². The number of aromatic nitrogens is 2. The van der Waals surface area contributed by atoms with E-state index in [9.17, 15) is 4.79 Å². The van der Waals surface area contributed by atoms with Gasteiger partial charge in [-0.25, -0.2) is 0 Å². The number of rotatable bonds is 5. The Morgan fingerprint density at radius 3 is 2.81 bits per heavy atom. The van der Waals surface area contributed by atoms with Crippen LogP contribution < -0.4 is 0 Å². The number of halogens is 1. The Balaban J connectivity index is 1.41. The van der Waals surface area contributed by atoms with Crippen LogP contribution in [0.5, 0.6) is 0 Å². The first-order valence-corrected chi connectivity index (χ1v) is 9.39. The summed E-state index contributed by atoms with van der Waals surface area (Å²) in [4.78, 5) is 18.8. The van der Waals surface area contributed by atoms with Crippen LogP contribution in [0.2, 0.25) is 5.02 Å². The predicted octanol–water partition coefficient (Wildman–Crippen LogP) is 4.26. The molecule has 0 radical (unpaired) electrons. The molecule has 1 saturated heterocycles. The highest BCUT2D eigenvalue weighted by Gasteiger charge is 2.34. The molecule has 0 bridgehead atoms. The van der Waals surface area contributed by atoms with Crippen LogP contribution in [0, 0.1) is 6.92 Å². The number of likely N-dealkylation sites (tertiary alicyclic amines) is 1. The maximum absolute atomic E-state index is 12.4. The van der Waals surface area contributed by atoms with Crippen LogP contribution in [0.15, 0.2) is 53.1 Å². The first-order chi connectivity index (χ1) is 13.1. The lowest BCUT2D eigenvalue weighted by molar-refractivity contribution is -0.127. The van der Waals surface area contributed by atoms with E-state index in [4.69, 9.17) is 16.1 Å². The third-order valence-electron chi connectivity index (χ3n) is 4.87. The second-order valence-electron chi connectivity index (χ2n) is 6.94. The Morgan fingerprint density at radius 1 is 1.22 bits per heavy atom. The van der Waals surface area contributed by atoms with Crippen molar-refractivity contribution in [2.24, 2.45) is 0 Å². The number of benzene rings is 2. The van der Waals surface area contributed by atoms with Crippen molar-refractivity contribution in [2.45, 2.75) is 25.7 Å². The smallest absolute Gasteiger partial charge is 0.232 e. The number of nitrogens with zero attached hydrogens (tertiary/aromatic N) is 3. The SMILES string of the molecule is Cc1cccc(-c2noc(C3CC(=O)N(CCc4ccc(Cl)cc4)C3)n2)c1. The summed E-state index contributed by atoms with van der Waals surface area (Å²) in [6.07, 6.45) is 1.21. The van der Waals surface area contributed by atoms with Crippen LogP contribution >= 0.6 is 11.6 Å². The van der Waals surface area contributed by atoms with Crippen molar-refractivity contribution >= 4 is 17.5 Å². The lowest BCUT2D eigenvalue weighted by atomic mass is 10.1. The van der Waals surface area contributed by atoms with Crippen molar-refractivity contribution in [1.29, 1.82) is 0 Å². The summed E-state index contributed by atoms with van der Waals surface area (Å²) < 4.78 is 5.46. The third-order valence-corrected chi connectivity index (χ3v) is 5.12. The van der Waals surface area contributed by atoms with Crippen LogP contribution in [0.3, 0.4) is 0 Å². The maximum Gasteiger partial charge on any atom is 0.232 e. The van der Waals surface area contributed by atoms with E-state index < -0.39 is 0 Å². The Bertz CT molecular complexity index is 952. The Morgan fingerprint density at radius 2 is 2.04 bits per heavy atom.